The Morgan fingerprint density at radius 2 is 1.77 bits per heavy atom. The van der Waals surface area contributed by atoms with Gasteiger partial charge in [0.25, 0.3) is 0 Å². The van der Waals surface area contributed by atoms with E-state index in [1.807, 2.05) is 47.4 Å². The fourth-order valence-electron chi connectivity index (χ4n) is 3.88. The SMILES string of the molecule is O=C(Cc1ccc(F)c(-c2ccccc2)c1)N1CCN(c2ccc3nncn3n2)CC1. The quantitative estimate of drug-likeness (QED) is 0.512. The summed E-state index contributed by atoms with van der Waals surface area (Å²) >= 11 is 0. The number of halogens is 1. The predicted molar refractivity (Wildman–Crippen MR) is 115 cm³/mol. The van der Waals surface area contributed by atoms with Crippen LogP contribution in [0.25, 0.3) is 16.8 Å². The molecule has 0 unspecified atom stereocenters. The van der Waals surface area contributed by atoms with Crippen LogP contribution in [0.2, 0.25) is 0 Å². The van der Waals surface area contributed by atoms with Gasteiger partial charge in [0.2, 0.25) is 5.91 Å². The maximum Gasteiger partial charge on any atom is 0.227 e. The van der Waals surface area contributed by atoms with Crippen molar-refractivity contribution in [2.75, 3.05) is 31.1 Å². The number of benzene rings is 2. The van der Waals surface area contributed by atoms with Crippen molar-refractivity contribution in [1.82, 2.24) is 24.7 Å². The van der Waals surface area contributed by atoms with Gasteiger partial charge >= 0.3 is 0 Å². The molecule has 7 nitrogen and oxygen atoms in total. The lowest BCUT2D eigenvalue weighted by molar-refractivity contribution is -0.130. The lowest BCUT2D eigenvalue weighted by Crippen LogP contribution is -2.49. The molecule has 0 N–H and O–H groups in total. The Balaban J connectivity index is 1.24. The molecule has 0 spiro atoms. The van der Waals surface area contributed by atoms with Gasteiger partial charge in [0.1, 0.15) is 18.0 Å². The van der Waals surface area contributed by atoms with Gasteiger partial charge in [-0.1, -0.05) is 36.4 Å². The van der Waals surface area contributed by atoms with Gasteiger partial charge in [0.05, 0.1) is 6.42 Å². The minimum Gasteiger partial charge on any atom is -0.352 e. The topological polar surface area (TPSA) is 66.6 Å². The summed E-state index contributed by atoms with van der Waals surface area (Å²) in [7, 11) is 0. The van der Waals surface area contributed by atoms with Crippen LogP contribution in [0.4, 0.5) is 10.2 Å². The zero-order valence-electron chi connectivity index (χ0n) is 16.9. The summed E-state index contributed by atoms with van der Waals surface area (Å²) in [4.78, 5) is 16.9. The molecule has 0 radical (unpaired) electrons. The summed E-state index contributed by atoms with van der Waals surface area (Å²) < 4.78 is 16.0. The minimum absolute atomic E-state index is 0.0486. The lowest BCUT2D eigenvalue weighted by atomic mass is 10.0. The number of fused-ring (bicyclic) bond motifs is 1. The molecule has 0 aliphatic carbocycles. The highest BCUT2D eigenvalue weighted by Gasteiger charge is 2.22. The van der Waals surface area contributed by atoms with Crippen molar-refractivity contribution < 1.29 is 9.18 Å². The molecule has 156 valence electrons. The molecule has 2 aromatic carbocycles. The maximum absolute atomic E-state index is 14.3. The van der Waals surface area contributed by atoms with Crippen molar-refractivity contribution in [3.63, 3.8) is 0 Å². The fourth-order valence-corrected chi connectivity index (χ4v) is 3.88. The van der Waals surface area contributed by atoms with Gasteiger partial charge in [0, 0.05) is 31.7 Å². The summed E-state index contributed by atoms with van der Waals surface area (Å²) in [5, 5.41) is 12.3. The van der Waals surface area contributed by atoms with Crippen LogP contribution in [0.5, 0.6) is 0 Å². The molecule has 1 amide bonds. The van der Waals surface area contributed by atoms with Crippen LogP contribution in [0.15, 0.2) is 67.0 Å². The first-order valence-electron chi connectivity index (χ1n) is 10.2. The number of rotatable bonds is 4. The van der Waals surface area contributed by atoms with Crippen LogP contribution in [0.3, 0.4) is 0 Å². The van der Waals surface area contributed by atoms with E-state index < -0.39 is 0 Å². The van der Waals surface area contributed by atoms with Crippen LogP contribution in [-0.2, 0) is 11.2 Å². The highest BCUT2D eigenvalue weighted by molar-refractivity contribution is 5.80. The summed E-state index contributed by atoms with van der Waals surface area (Å²) in [6.45, 7) is 2.64. The molecule has 31 heavy (non-hydrogen) atoms. The van der Waals surface area contributed by atoms with E-state index in [1.54, 1.807) is 23.0 Å². The summed E-state index contributed by atoms with van der Waals surface area (Å²) in [6, 6.07) is 18.1. The molecule has 1 aliphatic rings. The van der Waals surface area contributed by atoms with Crippen LogP contribution in [0.1, 0.15) is 5.56 Å². The van der Waals surface area contributed by atoms with E-state index in [-0.39, 0.29) is 18.1 Å². The molecule has 5 rings (SSSR count). The van der Waals surface area contributed by atoms with Gasteiger partial charge in [-0.2, -0.15) is 4.52 Å². The third-order valence-corrected chi connectivity index (χ3v) is 5.57. The predicted octanol–water partition coefficient (Wildman–Crippen LogP) is 2.82. The third kappa shape index (κ3) is 3.96. The Morgan fingerprint density at radius 1 is 0.968 bits per heavy atom. The second-order valence-corrected chi connectivity index (χ2v) is 7.55. The molecule has 0 bridgehead atoms. The van der Waals surface area contributed by atoms with Gasteiger partial charge in [-0.15, -0.1) is 15.3 Å². The first-order chi connectivity index (χ1) is 15.2. The molecule has 0 saturated carbocycles. The largest absolute Gasteiger partial charge is 0.352 e. The van der Waals surface area contributed by atoms with Gasteiger partial charge in [0.15, 0.2) is 5.65 Å². The maximum atomic E-state index is 14.3. The van der Waals surface area contributed by atoms with Crippen LogP contribution in [0, 0.1) is 5.82 Å². The number of nitrogens with zero attached hydrogens (tertiary/aromatic N) is 6. The smallest absolute Gasteiger partial charge is 0.227 e. The number of carbonyl (C=O) groups is 1. The summed E-state index contributed by atoms with van der Waals surface area (Å²) in [5.41, 5.74) is 2.84. The zero-order chi connectivity index (χ0) is 21.2. The van der Waals surface area contributed by atoms with Crippen LogP contribution < -0.4 is 4.90 Å². The third-order valence-electron chi connectivity index (χ3n) is 5.57. The fraction of sp³-hybridized carbons (Fsp3) is 0.217. The molecule has 1 aliphatic heterocycles. The number of amides is 1. The number of piperazine rings is 1. The van der Waals surface area contributed by atoms with Crippen molar-refractivity contribution in [2.45, 2.75) is 6.42 Å². The highest BCUT2D eigenvalue weighted by Crippen LogP contribution is 2.24. The Kier molecular flexibility index (Phi) is 5.03. The van der Waals surface area contributed by atoms with E-state index in [4.69, 9.17) is 0 Å². The molecule has 3 heterocycles. The molecule has 4 aromatic rings. The first kappa shape index (κ1) is 19.2. The van der Waals surface area contributed by atoms with Crippen molar-refractivity contribution >= 4 is 17.4 Å². The average molecular weight is 416 g/mol. The van der Waals surface area contributed by atoms with E-state index in [9.17, 15) is 9.18 Å². The molecule has 1 saturated heterocycles. The van der Waals surface area contributed by atoms with Crippen LogP contribution in [-0.4, -0.2) is 56.8 Å². The number of aromatic nitrogens is 4. The normalized spacial score (nSPS) is 14.2. The monoisotopic (exact) mass is 416 g/mol. The number of carbonyl (C=O) groups excluding carboxylic acids is 1. The second-order valence-electron chi connectivity index (χ2n) is 7.55. The average Bonchev–Trinajstić information content (AvgIpc) is 3.29. The van der Waals surface area contributed by atoms with E-state index in [0.29, 0.717) is 37.4 Å². The Hall–Kier alpha value is -3.81. The lowest BCUT2D eigenvalue weighted by Gasteiger charge is -2.35. The van der Waals surface area contributed by atoms with Gasteiger partial charge in [-0.25, -0.2) is 4.39 Å². The molecule has 0 atom stereocenters. The molecule has 1 fully saturated rings. The zero-order valence-corrected chi connectivity index (χ0v) is 16.9. The number of anilines is 1. The van der Waals surface area contributed by atoms with Crippen molar-refractivity contribution in [2.24, 2.45) is 0 Å². The van der Waals surface area contributed by atoms with Gasteiger partial charge in [-0.3, -0.25) is 4.79 Å². The molecule has 8 heteroatoms. The molecule has 2 aromatic heterocycles. The first-order valence-corrected chi connectivity index (χ1v) is 10.2. The summed E-state index contributed by atoms with van der Waals surface area (Å²) in [6.07, 6.45) is 1.83. The molecular formula is C23H21FN6O. The van der Waals surface area contributed by atoms with Crippen molar-refractivity contribution in [3.05, 3.63) is 78.4 Å². The minimum atomic E-state index is -0.284. The van der Waals surface area contributed by atoms with Gasteiger partial charge < -0.3 is 9.80 Å². The standard InChI is InChI=1S/C23H21FN6O/c24-20-7-6-17(14-19(20)18-4-2-1-3-5-18)15-23(31)29-12-10-28(11-13-29)22-9-8-21-26-25-16-30(21)27-22/h1-9,14,16H,10-13,15H2. The number of hydrogen-bond donors (Lipinski definition) is 0. The van der Waals surface area contributed by atoms with Crippen molar-refractivity contribution in [3.8, 4) is 11.1 Å². The Labute approximate surface area is 178 Å². The van der Waals surface area contributed by atoms with Gasteiger partial charge in [-0.05, 0) is 35.4 Å². The number of hydrogen-bond acceptors (Lipinski definition) is 5. The highest BCUT2D eigenvalue weighted by atomic mass is 19.1. The molecular weight excluding hydrogens is 395 g/mol. The Bertz CT molecular complexity index is 1220. The van der Waals surface area contributed by atoms with E-state index in [2.05, 4.69) is 20.2 Å². The second kappa shape index (κ2) is 8.14. The van der Waals surface area contributed by atoms with E-state index >= 15 is 0 Å². The summed E-state index contributed by atoms with van der Waals surface area (Å²) in [5.74, 6) is 0.603. The Morgan fingerprint density at radius 3 is 2.58 bits per heavy atom. The van der Waals surface area contributed by atoms with E-state index in [1.165, 1.54) is 6.07 Å². The van der Waals surface area contributed by atoms with Crippen LogP contribution >= 0.6 is 0 Å². The van der Waals surface area contributed by atoms with E-state index in [0.717, 1.165) is 16.9 Å². The van der Waals surface area contributed by atoms with Crippen molar-refractivity contribution in [1.29, 1.82) is 0 Å².